The quantitative estimate of drug-likeness (QED) is 0.0505. The minimum Gasteiger partial charge on any atom is -0.459 e. The maximum atomic E-state index is 12.8. The van der Waals surface area contributed by atoms with Gasteiger partial charge in [-0.2, -0.15) is 0 Å². The molecular weight excluding hydrogens is 1770 g/mol. The molecule has 1 spiro atoms. The van der Waals surface area contributed by atoms with Crippen LogP contribution in [0.25, 0.3) is 0 Å². The molecule has 0 aromatic rings. The lowest BCUT2D eigenvalue weighted by molar-refractivity contribution is -0.187. The van der Waals surface area contributed by atoms with Gasteiger partial charge in [-0.3, -0.25) is 33.6 Å². The zero-order chi connectivity index (χ0) is 97.6. The Hall–Kier alpha value is -3.71. The van der Waals surface area contributed by atoms with E-state index in [0.717, 1.165) is 115 Å². The molecule has 10 saturated carbocycles. The van der Waals surface area contributed by atoms with Crippen molar-refractivity contribution in [3.63, 3.8) is 0 Å². The number of carbonyl (C=O) groups excluding carboxylic acids is 7. The molecule has 2 bridgehead atoms. The fourth-order valence-corrected chi connectivity index (χ4v) is 22.1. The second-order valence-corrected chi connectivity index (χ2v) is 50.4. The molecule has 0 saturated heterocycles. The van der Waals surface area contributed by atoms with E-state index < -0.39 is 0 Å². The summed E-state index contributed by atoms with van der Waals surface area (Å²) in [6, 6.07) is 0. The minimum absolute atomic E-state index is 0. The smallest absolute Gasteiger partial charge is 0.312 e. The first-order valence-corrected chi connectivity index (χ1v) is 54.4. The monoisotopic (exact) mass is 2040 g/mol. The number of rotatable bonds is 24. The SMILES string of the molecule is C.C.C.C.C.C.C.C.C.C.C.C.C.C.CCC(C)(C)C(=O)OC(C)(C)C1CCCCC1.CCC(C)(C)C(=O)OC(C)(C1CCCCC1)C1CCCCC1.CCC(C)(C)C(=O)OC1(C)CCC23CC1C(C)(C)C2CCC3C.CCC(C)(C)C(=O)OC1(C)CCCCC1.CCC(C)(C)C(=O)OC1(C)CCCCCC1.CCC(C)(C)C(=O)OC1(C)CCCCCCC1.CCC(C)(C)C(=O)OC1(C)CCCCCCCCC1. The lowest BCUT2D eigenvalue weighted by Crippen LogP contribution is -2.49. The van der Waals surface area contributed by atoms with Crippen LogP contribution in [-0.2, 0) is 66.7 Å². The van der Waals surface area contributed by atoms with Crippen LogP contribution in [0.5, 0.6) is 0 Å². The number of hydrogen-bond donors (Lipinski definition) is 0. The average Bonchev–Trinajstić information content (AvgIpc) is 1.52. The van der Waals surface area contributed by atoms with Gasteiger partial charge in [-0.15, -0.1) is 0 Å². The topological polar surface area (TPSA) is 184 Å². The zero-order valence-electron chi connectivity index (χ0n) is 90.9. The molecule has 10 aliphatic rings. The maximum absolute atomic E-state index is 12.8. The molecule has 10 rings (SSSR count). The molecule has 14 nitrogen and oxygen atoms in total. The summed E-state index contributed by atoms with van der Waals surface area (Å²) in [5, 5.41) is 0. The van der Waals surface area contributed by atoms with Gasteiger partial charge >= 0.3 is 41.8 Å². The summed E-state index contributed by atoms with van der Waals surface area (Å²) < 4.78 is 41.6. The first kappa shape index (κ1) is 162. The van der Waals surface area contributed by atoms with Gasteiger partial charge in [0.15, 0.2) is 0 Å². The van der Waals surface area contributed by atoms with E-state index in [2.05, 4.69) is 96.9 Å². The summed E-state index contributed by atoms with van der Waals surface area (Å²) in [6.45, 7) is 66.6. The third-order valence-corrected chi connectivity index (χ3v) is 36.0. The van der Waals surface area contributed by atoms with E-state index >= 15 is 0 Å². The van der Waals surface area contributed by atoms with Crippen molar-refractivity contribution in [2.45, 2.75) is 711 Å². The molecule has 0 heterocycles. The number of esters is 7. The van der Waals surface area contributed by atoms with Gasteiger partial charge in [-0.25, -0.2) is 0 Å². The molecule has 10 fully saturated rings. The number of carbonyl (C=O) groups is 7. The molecule has 10 aliphatic carbocycles. The fraction of sp³-hybridized carbons (Fsp3) is 0.946. The molecule has 0 aromatic carbocycles. The Balaban J connectivity index is -0.000000156. The van der Waals surface area contributed by atoms with Crippen molar-refractivity contribution >= 4 is 41.8 Å². The van der Waals surface area contributed by atoms with Crippen LogP contribution in [-0.4, -0.2) is 81.0 Å². The molecule has 0 aliphatic heterocycles. The Labute approximate surface area is 898 Å². The predicted octanol–water partition coefficient (Wildman–Crippen LogP) is 42.2. The van der Waals surface area contributed by atoms with E-state index in [4.69, 9.17) is 33.2 Å². The van der Waals surface area contributed by atoms with Crippen LogP contribution in [0.15, 0.2) is 0 Å². The summed E-state index contributed by atoms with van der Waals surface area (Å²) in [5.74, 6) is 3.71. The molecule has 0 N–H and O–H groups in total. The van der Waals surface area contributed by atoms with Gasteiger partial charge in [0.25, 0.3) is 0 Å². The number of hydrogen-bond acceptors (Lipinski definition) is 14. The van der Waals surface area contributed by atoms with Crippen LogP contribution in [0.1, 0.15) is 672 Å². The molecule has 5 atom stereocenters. The van der Waals surface area contributed by atoms with E-state index in [-0.39, 0.29) is 228 Å². The molecule has 0 aromatic heterocycles. The third-order valence-electron chi connectivity index (χ3n) is 36.0. The first-order valence-electron chi connectivity index (χ1n) is 54.4. The summed E-state index contributed by atoms with van der Waals surface area (Å²) in [4.78, 5) is 86.1. The highest BCUT2D eigenvalue weighted by atomic mass is 16.6. The summed E-state index contributed by atoms with van der Waals surface area (Å²) in [7, 11) is 0. The Morgan fingerprint density at radius 3 is 0.678 bits per heavy atom. The van der Waals surface area contributed by atoms with Crippen molar-refractivity contribution in [3.05, 3.63) is 0 Å². The lowest BCUT2D eigenvalue weighted by atomic mass is 9.64. The summed E-state index contributed by atoms with van der Waals surface area (Å²) in [6.07, 6.45) is 63.5. The van der Waals surface area contributed by atoms with E-state index in [1.807, 2.05) is 125 Å². The van der Waals surface area contributed by atoms with Crippen molar-refractivity contribution in [2.75, 3.05) is 0 Å². The van der Waals surface area contributed by atoms with Crippen LogP contribution in [0.2, 0.25) is 0 Å². The zero-order valence-corrected chi connectivity index (χ0v) is 90.9. The standard InChI is InChI=1S/C21H36O2.C20H36O2.C17H32O2.2C15H28O2.C14H26O2.C13H24O2.14CH4/c1-8-18(3,4)17(22)23-20(7)11-12-21-13-16(20)19(5,6)15(21)10-9-14(21)2;1-5-19(2,3)18(21)22-20(4,16-12-8-6-9-13-16)17-14-10-7-11-15-17;1-5-16(2,3)15(18)19-17(4)13-11-9-7-6-8-10-12-14-17;1-6-14(2,3)13(16)17-15(4,5)12-10-8-7-9-11-12;1-5-14(2,3)13(16)17-15(4)11-9-7-6-8-10-12-15;1-5-13(2,3)12(15)16-14(4)10-8-6-7-9-11-14;1-5-12(2,3)11(14)15-13(4)9-7-6-8-10-13;;;;;;;;;;;;;;/h14-16H,8-13H2,1-7H3;16-17H,5-15H2,1-4H3;5-14H2,1-4H3;12H,6-11H2,1-5H3;5-12H2,1-4H3;5-11H2,1-4H3;5-10H2,1-4H3;14*1H4. The van der Waals surface area contributed by atoms with E-state index in [9.17, 15) is 33.6 Å². The second-order valence-electron chi connectivity index (χ2n) is 50.4. The maximum Gasteiger partial charge on any atom is 0.312 e. The molecule has 143 heavy (non-hydrogen) atoms. The van der Waals surface area contributed by atoms with Crippen LogP contribution in [0.4, 0.5) is 0 Å². The van der Waals surface area contributed by atoms with Crippen molar-refractivity contribution < 1.29 is 66.7 Å². The highest BCUT2D eigenvalue weighted by molar-refractivity contribution is 5.79. The molecular formula is C129H266O14. The van der Waals surface area contributed by atoms with Gasteiger partial charge in [0.1, 0.15) is 39.2 Å². The fourth-order valence-electron chi connectivity index (χ4n) is 22.1. The average molecular weight is 2040 g/mol. The molecule has 0 amide bonds. The Bertz CT molecular complexity index is 3260. The van der Waals surface area contributed by atoms with Crippen LogP contribution in [0.3, 0.4) is 0 Å². The largest absolute Gasteiger partial charge is 0.459 e. The molecule has 14 heteroatoms. The Kier molecular flexibility index (Phi) is 79.8. The van der Waals surface area contributed by atoms with E-state index in [1.165, 1.54) is 244 Å². The molecule has 866 valence electrons. The van der Waals surface area contributed by atoms with E-state index in [1.54, 1.807) is 0 Å². The van der Waals surface area contributed by atoms with E-state index in [0.29, 0.717) is 29.1 Å². The van der Waals surface area contributed by atoms with Crippen molar-refractivity contribution in [1.29, 1.82) is 0 Å². The Morgan fingerprint density at radius 2 is 0.434 bits per heavy atom. The number of fused-ring (bicyclic) bond motifs is 1. The number of ether oxygens (including phenoxy) is 7. The summed E-state index contributed by atoms with van der Waals surface area (Å²) >= 11 is 0. The van der Waals surface area contributed by atoms with Gasteiger partial charge in [0, 0.05) is 5.92 Å². The van der Waals surface area contributed by atoms with Gasteiger partial charge in [-0.1, -0.05) is 302 Å². The van der Waals surface area contributed by atoms with Crippen molar-refractivity contribution in [2.24, 2.45) is 84.2 Å². The molecule has 5 unspecified atom stereocenters. The van der Waals surface area contributed by atoms with Crippen LogP contribution < -0.4 is 0 Å². The third kappa shape index (κ3) is 48.4. The first-order chi connectivity index (χ1) is 59.8. The van der Waals surface area contributed by atoms with Crippen LogP contribution in [0, 0.1) is 84.2 Å². The minimum atomic E-state index is -0.371. The Morgan fingerprint density at radius 1 is 0.231 bits per heavy atom. The van der Waals surface area contributed by atoms with Crippen molar-refractivity contribution in [1.82, 2.24) is 0 Å². The van der Waals surface area contributed by atoms with Gasteiger partial charge in [0.2, 0.25) is 0 Å². The van der Waals surface area contributed by atoms with Gasteiger partial charge in [-0.05, 0) is 411 Å². The van der Waals surface area contributed by atoms with Crippen LogP contribution >= 0.6 is 0 Å². The highest BCUT2D eigenvalue weighted by Crippen LogP contribution is 2.74. The normalized spacial score (nSPS) is 23.0. The highest BCUT2D eigenvalue weighted by Gasteiger charge is 2.69. The second kappa shape index (κ2) is 70.5. The summed E-state index contributed by atoms with van der Waals surface area (Å²) in [5.41, 5.74) is -3.30. The van der Waals surface area contributed by atoms with Crippen molar-refractivity contribution in [3.8, 4) is 0 Å². The van der Waals surface area contributed by atoms with Gasteiger partial charge < -0.3 is 33.2 Å². The lowest BCUT2D eigenvalue weighted by Gasteiger charge is -2.47. The predicted molar refractivity (Wildman–Crippen MR) is 630 cm³/mol. The van der Waals surface area contributed by atoms with Gasteiger partial charge in [0.05, 0.1) is 37.9 Å². The molecule has 0 radical (unpaired) electrons.